The Morgan fingerprint density at radius 3 is 2.40 bits per heavy atom. The van der Waals surface area contributed by atoms with Crippen LogP contribution in [0.5, 0.6) is 0 Å². The van der Waals surface area contributed by atoms with Crippen LogP contribution in [-0.2, 0) is 9.59 Å². The molecule has 2 aromatic rings. The fourth-order valence-electron chi connectivity index (χ4n) is 2.64. The minimum atomic E-state index is -0.778. The number of hydrogen-bond donors (Lipinski definition) is 0. The summed E-state index contributed by atoms with van der Waals surface area (Å²) in [4.78, 5) is 28.5. The molecule has 4 heteroatoms. The summed E-state index contributed by atoms with van der Waals surface area (Å²) >= 11 is 0. The first-order valence-corrected chi connectivity index (χ1v) is 6.75. The number of aromatic nitrogens is 1. The molecule has 1 aliphatic carbocycles. The molecule has 4 nitrogen and oxygen atoms in total. The molecule has 102 valence electrons. The molecule has 20 heavy (non-hydrogen) atoms. The number of oxazole rings is 1. The van der Waals surface area contributed by atoms with Crippen molar-refractivity contribution in [3.05, 3.63) is 42.0 Å². The Morgan fingerprint density at radius 1 is 1.10 bits per heavy atom. The fraction of sp³-hybridized carbons (Fsp3) is 0.312. The SMILES string of the molecule is Cc1nc(-c2ccccc2)c(C2C(=O)CCCC2=O)o1. The van der Waals surface area contributed by atoms with E-state index >= 15 is 0 Å². The van der Waals surface area contributed by atoms with Crippen LogP contribution in [0.3, 0.4) is 0 Å². The molecule has 3 rings (SSSR count). The highest BCUT2D eigenvalue weighted by atomic mass is 16.4. The molecule has 1 heterocycles. The number of rotatable bonds is 2. The van der Waals surface area contributed by atoms with E-state index in [0.717, 1.165) is 5.56 Å². The third-order valence-corrected chi connectivity index (χ3v) is 3.56. The summed E-state index contributed by atoms with van der Waals surface area (Å²) < 4.78 is 5.60. The maximum atomic E-state index is 12.1. The van der Waals surface area contributed by atoms with Crippen LogP contribution in [-0.4, -0.2) is 16.6 Å². The predicted molar refractivity (Wildman–Crippen MR) is 73.3 cm³/mol. The third kappa shape index (κ3) is 2.18. The molecule has 0 N–H and O–H groups in total. The maximum Gasteiger partial charge on any atom is 0.191 e. The van der Waals surface area contributed by atoms with Crippen LogP contribution < -0.4 is 0 Å². The van der Waals surface area contributed by atoms with Gasteiger partial charge in [0, 0.05) is 25.3 Å². The Bertz CT molecular complexity index is 642. The van der Waals surface area contributed by atoms with Crippen LogP contribution in [0.25, 0.3) is 11.3 Å². The van der Waals surface area contributed by atoms with Gasteiger partial charge in [-0.25, -0.2) is 4.98 Å². The molecule has 0 radical (unpaired) electrons. The fourth-order valence-corrected chi connectivity index (χ4v) is 2.64. The van der Waals surface area contributed by atoms with Crippen molar-refractivity contribution in [1.29, 1.82) is 0 Å². The molecule has 0 spiro atoms. The Morgan fingerprint density at radius 2 is 1.75 bits per heavy atom. The van der Waals surface area contributed by atoms with E-state index in [9.17, 15) is 9.59 Å². The van der Waals surface area contributed by atoms with Crippen molar-refractivity contribution < 1.29 is 14.0 Å². The summed E-state index contributed by atoms with van der Waals surface area (Å²) in [5.41, 5.74) is 1.47. The lowest BCUT2D eigenvalue weighted by atomic mass is 9.84. The predicted octanol–water partition coefficient (Wildman–Crippen LogP) is 3.06. The molecule has 1 aliphatic rings. The maximum absolute atomic E-state index is 12.1. The highest BCUT2D eigenvalue weighted by Crippen LogP contribution is 2.34. The smallest absolute Gasteiger partial charge is 0.191 e. The monoisotopic (exact) mass is 269 g/mol. The van der Waals surface area contributed by atoms with Gasteiger partial charge in [-0.3, -0.25) is 9.59 Å². The lowest BCUT2D eigenvalue weighted by Crippen LogP contribution is -2.26. The van der Waals surface area contributed by atoms with Gasteiger partial charge in [0.2, 0.25) is 0 Å². The van der Waals surface area contributed by atoms with Gasteiger partial charge < -0.3 is 4.42 Å². The zero-order valence-corrected chi connectivity index (χ0v) is 11.3. The van der Waals surface area contributed by atoms with E-state index in [2.05, 4.69) is 4.98 Å². The number of ketones is 2. The molecular weight excluding hydrogens is 254 g/mol. The van der Waals surface area contributed by atoms with Crippen LogP contribution in [0, 0.1) is 6.92 Å². The number of carbonyl (C=O) groups excluding carboxylic acids is 2. The lowest BCUT2D eigenvalue weighted by molar-refractivity contribution is -0.132. The van der Waals surface area contributed by atoms with Crippen molar-refractivity contribution in [2.24, 2.45) is 0 Å². The summed E-state index contributed by atoms with van der Waals surface area (Å²) in [6.07, 6.45) is 1.51. The van der Waals surface area contributed by atoms with Crippen LogP contribution in [0.2, 0.25) is 0 Å². The minimum Gasteiger partial charge on any atom is -0.444 e. The molecule has 0 amide bonds. The molecule has 0 saturated heterocycles. The zero-order chi connectivity index (χ0) is 14.1. The second-order valence-corrected chi connectivity index (χ2v) is 5.03. The lowest BCUT2D eigenvalue weighted by Gasteiger charge is -2.18. The molecule has 0 bridgehead atoms. The van der Waals surface area contributed by atoms with Crippen molar-refractivity contribution in [3.8, 4) is 11.3 Å². The summed E-state index contributed by atoms with van der Waals surface area (Å²) in [5.74, 6) is -0.0160. The van der Waals surface area contributed by atoms with E-state index in [1.165, 1.54) is 0 Å². The van der Waals surface area contributed by atoms with E-state index < -0.39 is 5.92 Å². The van der Waals surface area contributed by atoms with Gasteiger partial charge in [-0.1, -0.05) is 30.3 Å². The highest BCUT2D eigenvalue weighted by molar-refractivity contribution is 6.09. The second kappa shape index (κ2) is 5.04. The van der Waals surface area contributed by atoms with E-state index in [1.807, 2.05) is 30.3 Å². The molecule has 0 aliphatic heterocycles. The number of benzene rings is 1. The molecule has 1 fully saturated rings. The molecule has 1 aromatic carbocycles. The van der Waals surface area contributed by atoms with Crippen LogP contribution in [0.4, 0.5) is 0 Å². The number of Topliss-reactive ketones (excluding diaryl/α,β-unsaturated/α-hetero) is 2. The van der Waals surface area contributed by atoms with Crippen molar-refractivity contribution in [2.75, 3.05) is 0 Å². The minimum absolute atomic E-state index is 0.0606. The van der Waals surface area contributed by atoms with Gasteiger partial charge in [-0.15, -0.1) is 0 Å². The number of nitrogens with zero attached hydrogens (tertiary/aromatic N) is 1. The van der Waals surface area contributed by atoms with Gasteiger partial charge in [0.25, 0.3) is 0 Å². The van der Waals surface area contributed by atoms with Crippen LogP contribution >= 0.6 is 0 Å². The van der Waals surface area contributed by atoms with Crippen molar-refractivity contribution in [1.82, 2.24) is 4.98 Å². The number of aryl methyl sites for hydroxylation is 1. The standard InChI is InChI=1S/C16H15NO3/c1-10-17-15(11-6-3-2-4-7-11)16(20-10)14-12(18)8-5-9-13(14)19/h2-4,6-7,14H,5,8-9H2,1H3. The first-order valence-electron chi connectivity index (χ1n) is 6.75. The quantitative estimate of drug-likeness (QED) is 0.786. The van der Waals surface area contributed by atoms with E-state index in [0.29, 0.717) is 36.6 Å². The number of hydrogen-bond acceptors (Lipinski definition) is 4. The van der Waals surface area contributed by atoms with E-state index in [4.69, 9.17) is 4.42 Å². The molecule has 0 unspecified atom stereocenters. The zero-order valence-electron chi connectivity index (χ0n) is 11.3. The summed E-state index contributed by atoms with van der Waals surface area (Å²) in [7, 11) is 0. The molecule has 1 aromatic heterocycles. The third-order valence-electron chi connectivity index (χ3n) is 3.56. The Hall–Kier alpha value is -2.23. The molecular formula is C16H15NO3. The summed E-state index contributed by atoms with van der Waals surface area (Å²) in [5, 5.41) is 0. The van der Waals surface area contributed by atoms with E-state index in [-0.39, 0.29) is 11.6 Å². The second-order valence-electron chi connectivity index (χ2n) is 5.03. The Balaban J connectivity index is 2.10. The largest absolute Gasteiger partial charge is 0.444 e. The van der Waals surface area contributed by atoms with E-state index in [1.54, 1.807) is 6.92 Å². The van der Waals surface area contributed by atoms with Crippen molar-refractivity contribution in [3.63, 3.8) is 0 Å². The average molecular weight is 269 g/mol. The molecule has 0 atom stereocenters. The van der Waals surface area contributed by atoms with Gasteiger partial charge in [0.1, 0.15) is 17.4 Å². The van der Waals surface area contributed by atoms with Gasteiger partial charge in [-0.2, -0.15) is 0 Å². The summed E-state index contributed by atoms with van der Waals surface area (Å²) in [6.45, 7) is 1.73. The summed E-state index contributed by atoms with van der Waals surface area (Å²) in [6, 6.07) is 9.51. The van der Waals surface area contributed by atoms with Gasteiger partial charge in [-0.05, 0) is 6.42 Å². The van der Waals surface area contributed by atoms with Crippen molar-refractivity contribution >= 4 is 11.6 Å². The van der Waals surface area contributed by atoms with Crippen LogP contribution in [0.15, 0.2) is 34.7 Å². The normalized spacial score (nSPS) is 16.6. The van der Waals surface area contributed by atoms with Gasteiger partial charge in [0.05, 0.1) is 0 Å². The van der Waals surface area contributed by atoms with Crippen molar-refractivity contribution in [2.45, 2.75) is 32.1 Å². The first kappa shape index (κ1) is 12.8. The highest BCUT2D eigenvalue weighted by Gasteiger charge is 2.36. The Kier molecular flexibility index (Phi) is 3.22. The molecule has 1 saturated carbocycles. The number of carbonyl (C=O) groups is 2. The van der Waals surface area contributed by atoms with Gasteiger partial charge >= 0.3 is 0 Å². The van der Waals surface area contributed by atoms with Crippen LogP contribution in [0.1, 0.15) is 36.8 Å². The Labute approximate surface area is 116 Å². The topological polar surface area (TPSA) is 60.2 Å². The van der Waals surface area contributed by atoms with Gasteiger partial charge in [0.15, 0.2) is 17.5 Å². The average Bonchev–Trinajstić information content (AvgIpc) is 2.81. The first-order chi connectivity index (χ1) is 9.66.